The van der Waals surface area contributed by atoms with Crippen molar-refractivity contribution in [2.24, 2.45) is 5.92 Å². The molecule has 0 atom stereocenters. The van der Waals surface area contributed by atoms with Crippen LogP contribution in [0, 0.1) is 33.6 Å². The van der Waals surface area contributed by atoms with Gasteiger partial charge in [0.2, 0.25) is 0 Å². The van der Waals surface area contributed by atoms with Crippen molar-refractivity contribution >= 4 is 21.5 Å². The highest BCUT2D eigenvalue weighted by Crippen LogP contribution is 2.31. The lowest BCUT2D eigenvalue weighted by atomic mass is 9.75. The summed E-state index contributed by atoms with van der Waals surface area (Å²) in [5, 5.41) is 5.43. The van der Waals surface area contributed by atoms with E-state index in [4.69, 9.17) is 0 Å². The van der Waals surface area contributed by atoms with Gasteiger partial charge in [0.15, 0.2) is 0 Å². The second-order valence-corrected chi connectivity index (χ2v) is 9.69. The first-order valence-corrected chi connectivity index (χ1v) is 11.1. The highest BCUT2D eigenvalue weighted by molar-refractivity contribution is 6.02. The molecule has 0 saturated carbocycles. The lowest BCUT2D eigenvalue weighted by Crippen LogP contribution is -2.24. The first-order valence-electron chi connectivity index (χ1n) is 11.1. The molecule has 4 aromatic carbocycles. The van der Waals surface area contributed by atoms with Crippen molar-refractivity contribution in [1.82, 2.24) is 0 Å². The van der Waals surface area contributed by atoms with E-state index in [0.717, 1.165) is 0 Å². The molecule has 0 nitrogen and oxygen atoms in total. The van der Waals surface area contributed by atoms with Crippen LogP contribution in [0.15, 0.2) is 66.7 Å². The standard InChI is InChI=1S/C17H16.C13H20/c1-11-4-6-16-13(3)17-7-5-12(2)9-15(17)10-14(16)8-11;1-10(2)13(4,5)12-8-6-11(3)7-9-12/h4-10H,1-3H3;6-10H,1-5H3. The number of fused-ring (bicyclic) bond motifs is 2. The second-order valence-electron chi connectivity index (χ2n) is 9.69. The van der Waals surface area contributed by atoms with Gasteiger partial charge in [-0.2, -0.15) is 0 Å². The summed E-state index contributed by atoms with van der Waals surface area (Å²) in [6.07, 6.45) is 0. The van der Waals surface area contributed by atoms with Crippen LogP contribution in [-0.2, 0) is 5.41 Å². The average Bonchev–Trinajstić information content (AvgIpc) is 2.68. The SMILES string of the molecule is Cc1ccc(C(C)(C)C(C)C)cc1.Cc1ccc2c(C)c3ccc(C)cc3cc2c1. The molecule has 4 aromatic rings. The summed E-state index contributed by atoms with van der Waals surface area (Å²) in [5.74, 6) is 0.676. The Kier molecular flexibility index (Phi) is 6.36. The minimum Gasteiger partial charge on any atom is -0.0619 e. The number of benzene rings is 4. The van der Waals surface area contributed by atoms with Crippen LogP contribution in [-0.4, -0.2) is 0 Å². The summed E-state index contributed by atoms with van der Waals surface area (Å²) < 4.78 is 0. The molecule has 30 heavy (non-hydrogen) atoms. The van der Waals surface area contributed by atoms with Gasteiger partial charge in [0.05, 0.1) is 0 Å². The number of aryl methyl sites for hydroxylation is 4. The Morgan fingerprint density at radius 1 is 0.567 bits per heavy atom. The minimum atomic E-state index is 0.285. The van der Waals surface area contributed by atoms with Gasteiger partial charge in [0.1, 0.15) is 0 Å². The van der Waals surface area contributed by atoms with Crippen LogP contribution in [0.3, 0.4) is 0 Å². The molecule has 0 unspecified atom stereocenters. The van der Waals surface area contributed by atoms with Gasteiger partial charge in [-0.1, -0.05) is 105 Å². The molecule has 0 aliphatic rings. The molecule has 4 rings (SSSR count). The molecule has 0 N–H and O–H groups in total. The summed E-state index contributed by atoms with van der Waals surface area (Å²) in [6.45, 7) is 17.8. The third-order valence-electron chi connectivity index (χ3n) is 6.77. The Bertz CT molecular complexity index is 1100. The first kappa shape index (κ1) is 22.1. The van der Waals surface area contributed by atoms with E-state index in [9.17, 15) is 0 Å². The maximum atomic E-state index is 2.31. The fraction of sp³-hybridized carbons (Fsp3) is 0.333. The molecular weight excluding hydrogens is 360 g/mol. The van der Waals surface area contributed by atoms with E-state index < -0.39 is 0 Å². The van der Waals surface area contributed by atoms with Gasteiger partial charge >= 0.3 is 0 Å². The Morgan fingerprint density at radius 2 is 1.00 bits per heavy atom. The molecule has 0 radical (unpaired) electrons. The molecule has 0 spiro atoms. The zero-order chi connectivity index (χ0) is 22.1. The average molecular weight is 397 g/mol. The summed E-state index contributed by atoms with van der Waals surface area (Å²) >= 11 is 0. The van der Waals surface area contributed by atoms with Crippen molar-refractivity contribution in [3.63, 3.8) is 0 Å². The van der Waals surface area contributed by atoms with Gasteiger partial charge in [-0.3, -0.25) is 0 Å². The number of hydrogen-bond acceptors (Lipinski definition) is 0. The molecule has 0 amide bonds. The third-order valence-corrected chi connectivity index (χ3v) is 6.77. The van der Waals surface area contributed by atoms with E-state index in [0.29, 0.717) is 5.92 Å². The summed E-state index contributed by atoms with van der Waals surface area (Å²) in [6, 6.07) is 24.6. The number of rotatable bonds is 2. The van der Waals surface area contributed by atoms with Gasteiger partial charge in [-0.05, 0) is 77.8 Å². The van der Waals surface area contributed by atoms with E-state index in [1.165, 1.54) is 49.4 Å². The van der Waals surface area contributed by atoms with Crippen molar-refractivity contribution in [2.75, 3.05) is 0 Å². The van der Waals surface area contributed by atoms with Crippen LogP contribution < -0.4 is 0 Å². The minimum absolute atomic E-state index is 0.285. The molecule has 0 bridgehead atoms. The monoisotopic (exact) mass is 396 g/mol. The molecule has 156 valence electrons. The van der Waals surface area contributed by atoms with E-state index in [-0.39, 0.29) is 5.41 Å². The zero-order valence-electron chi connectivity index (χ0n) is 19.9. The van der Waals surface area contributed by atoms with Crippen LogP contribution in [0.5, 0.6) is 0 Å². The highest BCUT2D eigenvalue weighted by Gasteiger charge is 2.23. The Hall–Kier alpha value is -2.60. The van der Waals surface area contributed by atoms with E-state index in [1.807, 2.05) is 0 Å². The predicted octanol–water partition coefficient (Wildman–Crippen LogP) is 8.85. The highest BCUT2D eigenvalue weighted by atomic mass is 14.3. The van der Waals surface area contributed by atoms with Gasteiger partial charge in [-0.15, -0.1) is 0 Å². The second kappa shape index (κ2) is 8.64. The topological polar surface area (TPSA) is 0 Å². The molecule has 0 heterocycles. The lowest BCUT2D eigenvalue weighted by Gasteiger charge is -2.29. The van der Waals surface area contributed by atoms with Gasteiger partial charge in [0.25, 0.3) is 0 Å². The number of hydrogen-bond donors (Lipinski definition) is 0. The Morgan fingerprint density at radius 3 is 1.43 bits per heavy atom. The van der Waals surface area contributed by atoms with E-state index in [2.05, 4.69) is 122 Å². The molecule has 0 fully saturated rings. The van der Waals surface area contributed by atoms with Crippen LogP contribution in [0.4, 0.5) is 0 Å². The zero-order valence-corrected chi connectivity index (χ0v) is 19.9. The van der Waals surface area contributed by atoms with Crippen LogP contribution >= 0.6 is 0 Å². The van der Waals surface area contributed by atoms with E-state index >= 15 is 0 Å². The fourth-order valence-electron chi connectivity index (χ4n) is 3.92. The first-order chi connectivity index (χ1) is 14.1. The molecule has 0 saturated heterocycles. The van der Waals surface area contributed by atoms with Crippen molar-refractivity contribution in [3.05, 3.63) is 94.5 Å². The smallest absolute Gasteiger partial charge is 0.00806 e. The van der Waals surface area contributed by atoms with Crippen molar-refractivity contribution < 1.29 is 0 Å². The predicted molar refractivity (Wildman–Crippen MR) is 135 cm³/mol. The van der Waals surface area contributed by atoms with Gasteiger partial charge in [-0.25, -0.2) is 0 Å². The maximum absolute atomic E-state index is 2.31. The molecule has 0 aromatic heterocycles. The summed E-state index contributed by atoms with van der Waals surface area (Å²) in [7, 11) is 0. The molecule has 0 aliphatic heterocycles. The van der Waals surface area contributed by atoms with Crippen LogP contribution in [0.1, 0.15) is 55.5 Å². The Balaban J connectivity index is 0.000000178. The largest absolute Gasteiger partial charge is 0.0619 e. The van der Waals surface area contributed by atoms with Gasteiger partial charge < -0.3 is 0 Å². The summed E-state index contributed by atoms with van der Waals surface area (Å²) in [5.41, 5.74) is 7.09. The maximum Gasteiger partial charge on any atom is -0.00806 e. The summed E-state index contributed by atoms with van der Waals surface area (Å²) in [4.78, 5) is 0. The van der Waals surface area contributed by atoms with Gasteiger partial charge in [0, 0.05) is 0 Å². The molecule has 0 aliphatic carbocycles. The van der Waals surface area contributed by atoms with Crippen LogP contribution in [0.2, 0.25) is 0 Å². The quantitative estimate of drug-likeness (QED) is 0.297. The molecule has 0 heteroatoms. The van der Waals surface area contributed by atoms with Crippen LogP contribution in [0.25, 0.3) is 21.5 Å². The third kappa shape index (κ3) is 4.59. The molecular formula is C30H36. The normalized spacial score (nSPS) is 11.6. The fourth-order valence-corrected chi connectivity index (χ4v) is 3.92. The van der Waals surface area contributed by atoms with Crippen molar-refractivity contribution in [1.29, 1.82) is 0 Å². The van der Waals surface area contributed by atoms with Crippen molar-refractivity contribution in [3.8, 4) is 0 Å². The van der Waals surface area contributed by atoms with Crippen molar-refractivity contribution in [2.45, 2.75) is 60.8 Å². The van der Waals surface area contributed by atoms with E-state index in [1.54, 1.807) is 0 Å². The lowest BCUT2D eigenvalue weighted by molar-refractivity contribution is 0.372. The Labute approximate surface area is 183 Å².